The Morgan fingerprint density at radius 3 is 0.824 bits per heavy atom. The highest BCUT2D eigenvalue weighted by Gasteiger charge is 2.19. The van der Waals surface area contributed by atoms with Gasteiger partial charge in [0.25, 0.3) is 0 Å². The van der Waals surface area contributed by atoms with Gasteiger partial charge in [0.1, 0.15) is 13.2 Å². The second-order valence-corrected chi connectivity index (χ2v) is 20.3. The summed E-state index contributed by atoms with van der Waals surface area (Å²) < 4.78 is 16.9. The number of carbonyl (C=O) groups excluding carboxylic acids is 3. The molecule has 0 aromatic carbocycles. The van der Waals surface area contributed by atoms with E-state index in [0.29, 0.717) is 19.3 Å². The number of hydrogen-bond acceptors (Lipinski definition) is 6. The van der Waals surface area contributed by atoms with Crippen molar-refractivity contribution in [2.45, 2.75) is 329 Å². The van der Waals surface area contributed by atoms with E-state index in [1.165, 1.54) is 212 Å². The molecule has 1 unspecified atom stereocenters. The van der Waals surface area contributed by atoms with E-state index < -0.39 is 6.10 Å². The summed E-state index contributed by atoms with van der Waals surface area (Å²) in [5.74, 6) is -0.854. The van der Waals surface area contributed by atoms with E-state index in [4.69, 9.17) is 14.2 Å². The van der Waals surface area contributed by atoms with Crippen LogP contribution >= 0.6 is 0 Å². The van der Waals surface area contributed by atoms with Crippen molar-refractivity contribution in [1.29, 1.82) is 0 Å². The fraction of sp³-hybridized carbons (Fsp3) is 0.855. The van der Waals surface area contributed by atoms with Crippen LogP contribution in [-0.4, -0.2) is 37.2 Å². The maximum atomic E-state index is 12.8. The first-order valence-corrected chi connectivity index (χ1v) is 30.0. The molecule has 0 fully saturated rings. The van der Waals surface area contributed by atoms with Crippen LogP contribution in [0, 0.1) is 0 Å². The number of carbonyl (C=O) groups is 3. The normalized spacial score (nSPS) is 12.2. The largest absolute Gasteiger partial charge is 0.462 e. The van der Waals surface area contributed by atoms with Gasteiger partial charge in [-0.15, -0.1) is 0 Å². The SMILES string of the molecule is CCCCCCC/C=C\C/C=C\C/C=C\CCCCCCCCCCCCC(=O)OCC(COC(=O)CCCCCCCCCCCCCC)OC(=O)CCCCCCCCCCCCCCC. The van der Waals surface area contributed by atoms with Gasteiger partial charge in [0.2, 0.25) is 0 Å². The number of rotatable bonds is 55. The molecule has 6 heteroatoms. The predicted octanol–water partition coefficient (Wildman–Crippen LogP) is 20.0. The third kappa shape index (κ3) is 54.6. The first-order valence-electron chi connectivity index (χ1n) is 30.0. The average Bonchev–Trinajstić information content (AvgIpc) is 3.34. The van der Waals surface area contributed by atoms with Crippen LogP contribution in [-0.2, 0) is 28.6 Å². The standard InChI is InChI=1S/C62H114O6/c1-4-7-10-13-16-19-22-25-26-27-28-29-30-31-32-33-34-35-36-38-40-43-46-49-52-55-61(64)67-58-59(57-66-60(63)54-51-48-45-42-39-24-21-18-15-12-9-6-3)68-62(65)56-53-50-47-44-41-37-23-20-17-14-11-8-5-2/h22,25,27-28,30-31,59H,4-21,23-24,26,29,32-58H2,1-3H3/b25-22-,28-27-,31-30-. The Balaban J connectivity index is 4.22. The lowest BCUT2D eigenvalue weighted by Crippen LogP contribution is -2.30. The molecule has 0 heterocycles. The summed E-state index contributed by atoms with van der Waals surface area (Å²) in [5, 5.41) is 0. The quantitative estimate of drug-likeness (QED) is 0.0262. The average molecular weight is 956 g/mol. The molecule has 0 aliphatic rings. The summed E-state index contributed by atoms with van der Waals surface area (Å²) >= 11 is 0. The summed E-state index contributed by atoms with van der Waals surface area (Å²) in [4.78, 5) is 38.1. The third-order valence-electron chi connectivity index (χ3n) is 13.4. The van der Waals surface area contributed by atoms with Crippen molar-refractivity contribution in [3.8, 4) is 0 Å². The van der Waals surface area contributed by atoms with Crippen LogP contribution in [0.25, 0.3) is 0 Å². The summed E-state index contributed by atoms with van der Waals surface area (Å²) in [6, 6.07) is 0. The molecular weight excluding hydrogens is 841 g/mol. The van der Waals surface area contributed by atoms with E-state index in [2.05, 4.69) is 57.2 Å². The number of esters is 3. The van der Waals surface area contributed by atoms with Crippen molar-refractivity contribution < 1.29 is 28.6 Å². The van der Waals surface area contributed by atoms with E-state index in [-0.39, 0.29) is 31.1 Å². The number of allylic oxidation sites excluding steroid dienone is 6. The minimum Gasteiger partial charge on any atom is -0.462 e. The summed E-state index contributed by atoms with van der Waals surface area (Å²) in [6.07, 6.45) is 68.5. The van der Waals surface area contributed by atoms with E-state index in [9.17, 15) is 14.4 Å². The molecule has 0 aliphatic heterocycles. The Kier molecular flexibility index (Phi) is 55.2. The van der Waals surface area contributed by atoms with Crippen LogP contribution in [0.3, 0.4) is 0 Å². The summed E-state index contributed by atoms with van der Waals surface area (Å²) in [6.45, 7) is 6.66. The van der Waals surface area contributed by atoms with Crippen molar-refractivity contribution >= 4 is 17.9 Å². The molecule has 0 spiro atoms. The molecule has 0 saturated carbocycles. The van der Waals surface area contributed by atoms with E-state index in [1.54, 1.807) is 0 Å². The molecule has 0 aliphatic carbocycles. The minimum atomic E-state index is -0.768. The molecule has 0 aromatic rings. The smallest absolute Gasteiger partial charge is 0.306 e. The Morgan fingerprint density at radius 1 is 0.294 bits per heavy atom. The van der Waals surface area contributed by atoms with E-state index in [1.807, 2.05) is 0 Å². The van der Waals surface area contributed by atoms with Crippen molar-refractivity contribution in [2.24, 2.45) is 0 Å². The van der Waals surface area contributed by atoms with Gasteiger partial charge in [-0.05, 0) is 57.8 Å². The number of ether oxygens (including phenoxy) is 3. The zero-order valence-corrected chi connectivity index (χ0v) is 45.6. The third-order valence-corrected chi connectivity index (χ3v) is 13.4. The molecule has 0 aromatic heterocycles. The van der Waals surface area contributed by atoms with Gasteiger partial charge in [0.05, 0.1) is 0 Å². The van der Waals surface area contributed by atoms with Crippen molar-refractivity contribution in [3.05, 3.63) is 36.5 Å². The Labute approximate surface area is 423 Å². The maximum absolute atomic E-state index is 12.8. The minimum absolute atomic E-state index is 0.0681. The Bertz CT molecular complexity index is 1140. The van der Waals surface area contributed by atoms with Crippen molar-refractivity contribution in [1.82, 2.24) is 0 Å². The van der Waals surface area contributed by atoms with Gasteiger partial charge < -0.3 is 14.2 Å². The topological polar surface area (TPSA) is 78.9 Å². The van der Waals surface area contributed by atoms with Crippen molar-refractivity contribution in [3.63, 3.8) is 0 Å². The van der Waals surface area contributed by atoms with Gasteiger partial charge in [0.15, 0.2) is 6.10 Å². The lowest BCUT2D eigenvalue weighted by atomic mass is 10.0. The summed E-state index contributed by atoms with van der Waals surface area (Å²) in [5.41, 5.74) is 0. The molecule has 1 atom stereocenters. The first-order chi connectivity index (χ1) is 33.5. The highest BCUT2D eigenvalue weighted by Crippen LogP contribution is 2.17. The maximum Gasteiger partial charge on any atom is 0.306 e. The molecule has 0 radical (unpaired) electrons. The molecule has 6 nitrogen and oxygen atoms in total. The van der Waals surface area contributed by atoms with Crippen LogP contribution in [0.1, 0.15) is 323 Å². The lowest BCUT2D eigenvalue weighted by molar-refractivity contribution is -0.167. The lowest BCUT2D eigenvalue weighted by Gasteiger charge is -2.18. The molecule has 0 bridgehead atoms. The monoisotopic (exact) mass is 955 g/mol. The molecule has 0 N–H and O–H groups in total. The van der Waals surface area contributed by atoms with E-state index >= 15 is 0 Å². The van der Waals surface area contributed by atoms with Gasteiger partial charge in [-0.2, -0.15) is 0 Å². The zero-order valence-electron chi connectivity index (χ0n) is 45.6. The number of unbranched alkanes of at least 4 members (excludes halogenated alkanes) is 38. The van der Waals surface area contributed by atoms with Crippen LogP contribution < -0.4 is 0 Å². The molecular formula is C62H114O6. The van der Waals surface area contributed by atoms with Gasteiger partial charge >= 0.3 is 17.9 Å². The highest BCUT2D eigenvalue weighted by atomic mass is 16.6. The Morgan fingerprint density at radius 2 is 0.529 bits per heavy atom. The van der Waals surface area contributed by atoms with Gasteiger partial charge in [-0.25, -0.2) is 0 Å². The molecule has 0 amide bonds. The van der Waals surface area contributed by atoms with Crippen LogP contribution in [0.15, 0.2) is 36.5 Å². The zero-order chi connectivity index (χ0) is 49.3. The number of hydrogen-bond donors (Lipinski definition) is 0. The Hall–Kier alpha value is -2.37. The predicted molar refractivity (Wildman–Crippen MR) is 293 cm³/mol. The van der Waals surface area contributed by atoms with E-state index in [0.717, 1.165) is 70.6 Å². The second-order valence-electron chi connectivity index (χ2n) is 20.3. The first kappa shape index (κ1) is 65.6. The fourth-order valence-corrected chi connectivity index (χ4v) is 8.86. The molecule has 68 heavy (non-hydrogen) atoms. The molecule has 0 rings (SSSR count). The van der Waals surface area contributed by atoms with Gasteiger partial charge in [-0.3, -0.25) is 14.4 Å². The van der Waals surface area contributed by atoms with Crippen LogP contribution in [0.4, 0.5) is 0 Å². The highest BCUT2D eigenvalue weighted by molar-refractivity contribution is 5.71. The van der Waals surface area contributed by atoms with Gasteiger partial charge in [0, 0.05) is 19.3 Å². The second kappa shape index (κ2) is 57.2. The molecule has 398 valence electrons. The van der Waals surface area contributed by atoms with Crippen LogP contribution in [0.5, 0.6) is 0 Å². The van der Waals surface area contributed by atoms with Crippen LogP contribution in [0.2, 0.25) is 0 Å². The fourth-order valence-electron chi connectivity index (χ4n) is 8.86. The van der Waals surface area contributed by atoms with Crippen molar-refractivity contribution in [2.75, 3.05) is 13.2 Å². The van der Waals surface area contributed by atoms with Gasteiger partial charge in [-0.1, -0.05) is 282 Å². The summed E-state index contributed by atoms with van der Waals surface area (Å²) in [7, 11) is 0. The molecule has 0 saturated heterocycles.